The molecule has 0 bridgehead atoms. The van der Waals surface area contributed by atoms with Crippen LogP contribution in [0.25, 0.3) is 11.1 Å². The molecule has 1 fully saturated rings. The lowest BCUT2D eigenvalue weighted by atomic mass is 9.87. The highest BCUT2D eigenvalue weighted by Gasteiger charge is 2.19. The number of aromatic nitrogens is 2. The van der Waals surface area contributed by atoms with Crippen molar-refractivity contribution < 1.29 is 9.53 Å². The van der Waals surface area contributed by atoms with E-state index < -0.39 is 5.91 Å². The summed E-state index contributed by atoms with van der Waals surface area (Å²) in [5, 5.41) is 9.10. The Bertz CT molecular complexity index is 1290. The summed E-state index contributed by atoms with van der Waals surface area (Å²) in [6, 6.07) is 16.8. The van der Waals surface area contributed by atoms with Crippen molar-refractivity contribution in [3.8, 4) is 11.1 Å². The fourth-order valence-corrected chi connectivity index (χ4v) is 3.96. The second-order valence-electron chi connectivity index (χ2n) is 9.65. The molecule has 0 radical (unpaired) electrons. The zero-order valence-corrected chi connectivity index (χ0v) is 21.5. The number of benzene rings is 2. The number of carbonyl (C=O) groups is 1. The minimum Gasteiger partial charge on any atom is -0.378 e. The third-order valence-electron chi connectivity index (χ3n) is 5.92. The van der Waals surface area contributed by atoms with Crippen LogP contribution >= 0.6 is 11.6 Å². The number of morpholine rings is 1. The van der Waals surface area contributed by atoms with Gasteiger partial charge in [0.25, 0.3) is 11.5 Å². The minimum atomic E-state index is -0.451. The molecule has 188 valence electrons. The summed E-state index contributed by atoms with van der Waals surface area (Å²) in [5.74, 6) is 0.159. The van der Waals surface area contributed by atoms with Crippen molar-refractivity contribution in [1.82, 2.24) is 15.2 Å². The largest absolute Gasteiger partial charge is 0.378 e. The molecule has 0 atom stereocenters. The molecule has 0 unspecified atom stereocenters. The van der Waals surface area contributed by atoms with Crippen molar-refractivity contribution in [3.05, 3.63) is 81.1 Å². The molecule has 1 aliphatic heterocycles. The molecule has 1 N–H and O–H groups in total. The van der Waals surface area contributed by atoms with Gasteiger partial charge in [0.1, 0.15) is 12.4 Å². The molecular formula is C27H30ClN5O3. The highest BCUT2D eigenvalue weighted by molar-refractivity contribution is 6.30. The first-order valence-corrected chi connectivity index (χ1v) is 12.2. The first-order valence-electron chi connectivity index (χ1n) is 11.8. The van der Waals surface area contributed by atoms with E-state index in [-0.39, 0.29) is 17.5 Å². The number of amides is 1. The van der Waals surface area contributed by atoms with Gasteiger partial charge in [-0.2, -0.15) is 10.2 Å². The molecule has 8 nitrogen and oxygen atoms in total. The van der Waals surface area contributed by atoms with Crippen LogP contribution in [0.4, 0.5) is 5.82 Å². The van der Waals surface area contributed by atoms with Gasteiger partial charge >= 0.3 is 0 Å². The average Bonchev–Trinajstić information content (AvgIpc) is 2.86. The van der Waals surface area contributed by atoms with Gasteiger partial charge in [-0.15, -0.1) is 0 Å². The highest BCUT2D eigenvalue weighted by Crippen LogP contribution is 2.23. The van der Waals surface area contributed by atoms with E-state index in [1.54, 1.807) is 36.5 Å². The van der Waals surface area contributed by atoms with Gasteiger partial charge < -0.3 is 9.64 Å². The van der Waals surface area contributed by atoms with Crippen LogP contribution in [0.2, 0.25) is 5.02 Å². The summed E-state index contributed by atoms with van der Waals surface area (Å²) < 4.78 is 6.62. The summed E-state index contributed by atoms with van der Waals surface area (Å²) >= 11 is 6.03. The van der Waals surface area contributed by atoms with Crippen LogP contribution < -0.4 is 15.9 Å². The van der Waals surface area contributed by atoms with Crippen molar-refractivity contribution in [2.75, 3.05) is 31.2 Å². The van der Waals surface area contributed by atoms with Crippen molar-refractivity contribution in [2.45, 2.75) is 32.7 Å². The summed E-state index contributed by atoms with van der Waals surface area (Å²) in [6.07, 6.45) is 1.57. The number of halogens is 1. The topological polar surface area (TPSA) is 88.8 Å². The fourth-order valence-electron chi connectivity index (χ4n) is 3.84. The van der Waals surface area contributed by atoms with Gasteiger partial charge in [-0.05, 0) is 40.3 Å². The summed E-state index contributed by atoms with van der Waals surface area (Å²) in [7, 11) is 0. The summed E-state index contributed by atoms with van der Waals surface area (Å²) in [4.78, 5) is 27.9. The lowest BCUT2D eigenvalue weighted by Gasteiger charge is -2.28. The normalized spacial score (nSPS) is 14.3. The zero-order chi connectivity index (χ0) is 25.7. The molecular weight excluding hydrogens is 478 g/mol. The predicted octanol–water partition coefficient (Wildman–Crippen LogP) is 3.85. The predicted molar refractivity (Wildman–Crippen MR) is 143 cm³/mol. The van der Waals surface area contributed by atoms with Gasteiger partial charge in [0.05, 0.1) is 25.0 Å². The van der Waals surface area contributed by atoms with Gasteiger partial charge in [-0.3, -0.25) is 9.59 Å². The van der Waals surface area contributed by atoms with Crippen molar-refractivity contribution in [3.63, 3.8) is 0 Å². The number of nitrogens with zero attached hydrogens (tertiary/aromatic N) is 4. The Morgan fingerprint density at radius 3 is 2.42 bits per heavy atom. The van der Waals surface area contributed by atoms with Crippen LogP contribution in [-0.2, 0) is 21.5 Å². The number of hydrazone groups is 1. The molecule has 1 saturated heterocycles. The lowest BCUT2D eigenvalue weighted by molar-refractivity contribution is -0.121. The van der Waals surface area contributed by atoms with Crippen LogP contribution in [0.1, 0.15) is 31.9 Å². The van der Waals surface area contributed by atoms with Gasteiger partial charge in [-0.25, -0.2) is 10.1 Å². The number of ether oxygens (including phenoxy) is 1. The van der Waals surface area contributed by atoms with Gasteiger partial charge in [0.15, 0.2) is 0 Å². The Morgan fingerprint density at radius 2 is 1.78 bits per heavy atom. The van der Waals surface area contributed by atoms with Crippen molar-refractivity contribution >= 4 is 29.5 Å². The number of nitrogens with one attached hydrogen (secondary N) is 1. The van der Waals surface area contributed by atoms with E-state index in [0.717, 1.165) is 5.56 Å². The van der Waals surface area contributed by atoms with E-state index in [2.05, 4.69) is 36.4 Å². The standard InChI is InChI=1S/C27H30ClN5O3/c1-27(2,3)21-8-4-19(5-9-21)17-29-30-25(34)18-33-26(35)23(20-6-10-22(28)11-7-20)16-24(31-33)32-12-14-36-15-13-32/h4-11,16-17H,12-15,18H2,1-3H3,(H,30,34). The molecule has 3 aromatic rings. The molecule has 1 aliphatic rings. The molecule has 0 aliphatic carbocycles. The number of hydrogen-bond acceptors (Lipinski definition) is 6. The van der Waals surface area contributed by atoms with Crippen LogP contribution in [0, 0.1) is 0 Å². The SMILES string of the molecule is CC(C)(C)c1ccc(C=NNC(=O)Cn2nc(N3CCOCC3)cc(-c3ccc(Cl)cc3)c2=O)cc1. The second kappa shape index (κ2) is 11.1. The highest BCUT2D eigenvalue weighted by atomic mass is 35.5. The van der Waals surface area contributed by atoms with Crippen LogP contribution in [0.5, 0.6) is 0 Å². The first-order chi connectivity index (χ1) is 17.2. The van der Waals surface area contributed by atoms with Crippen LogP contribution in [0.3, 0.4) is 0 Å². The van der Waals surface area contributed by atoms with Gasteiger partial charge in [0, 0.05) is 18.1 Å². The van der Waals surface area contributed by atoms with E-state index >= 15 is 0 Å². The smallest absolute Gasteiger partial charge is 0.275 e. The fraction of sp³-hybridized carbons (Fsp3) is 0.333. The van der Waals surface area contributed by atoms with Crippen molar-refractivity contribution in [1.29, 1.82) is 0 Å². The Labute approximate surface area is 215 Å². The van der Waals surface area contributed by atoms with Gasteiger partial charge in [0.2, 0.25) is 0 Å². The minimum absolute atomic E-state index is 0.0603. The van der Waals surface area contributed by atoms with E-state index in [4.69, 9.17) is 16.3 Å². The second-order valence-corrected chi connectivity index (χ2v) is 10.1. The molecule has 1 aromatic heterocycles. The number of rotatable bonds is 6. The Kier molecular flexibility index (Phi) is 7.86. The molecule has 36 heavy (non-hydrogen) atoms. The van der Waals surface area contributed by atoms with Crippen LogP contribution in [-0.4, -0.2) is 48.2 Å². The molecule has 0 spiro atoms. The lowest BCUT2D eigenvalue weighted by Crippen LogP contribution is -2.39. The Balaban J connectivity index is 1.53. The molecule has 9 heteroatoms. The third-order valence-corrected chi connectivity index (χ3v) is 6.18. The van der Waals surface area contributed by atoms with Gasteiger partial charge in [-0.1, -0.05) is 68.8 Å². The third kappa shape index (κ3) is 6.38. The van der Waals surface area contributed by atoms with E-state index in [9.17, 15) is 9.59 Å². The summed E-state index contributed by atoms with van der Waals surface area (Å²) in [5.41, 5.74) is 5.41. The average molecular weight is 508 g/mol. The Hall–Kier alpha value is -3.49. The van der Waals surface area contributed by atoms with Crippen molar-refractivity contribution in [2.24, 2.45) is 5.10 Å². The number of anilines is 1. The monoisotopic (exact) mass is 507 g/mol. The maximum atomic E-state index is 13.2. The number of hydrogen-bond donors (Lipinski definition) is 1. The van der Waals surface area contributed by atoms with Crippen LogP contribution in [0.15, 0.2) is 64.5 Å². The summed E-state index contributed by atoms with van der Waals surface area (Å²) in [6.45, 7) is 8.63. The molecule has 2 aromatic carbocycles. The van der Waals surface area contributed by atoms with E-state index in [0.29, 0.717) is 48.3 Å². The van der Waals surface area contributed by atoms with E-state index in [1.807, 2.05) is 29.2 Å². The Morgan fingerprint density at radius 1 is 1.11 bits per heavy atom. The molecule has 2 heterocycles. The molecule has 4 rings (SSSR count). The first kappa shape index (κ1) is 25.6. The molecule has 0 saturated carbocycles. The quantitative estimate of drug-likeness (QED) is 0.404. The maximum Gasteiger partial charge on any atom is 0.275 e. The zero-order valence-electron chi connectivity index (χ0n) is 20.7. The number of carbonyl (C=O) groups excluding carboxylic acids is 1. The maximum absolute atomic E-state index is 13.2. The van der Waals surface area contributed by atoms with E-state index in [1.165, 1.54) is 10.2 Å². The molecule has 1 amide bonds.